The third-order valence-electron chi connectivity index (χ3n) is 3.71. The highest BCUT2D eigenvalue weighted by Crippen LogP contribution is 2.10. The van der Waals surface area contributed by atoms with Gasteiger partial charge in [-0.15, -0.1) is 0 Å². The molecule has 2 aromatic carbocycles. The zero-order chi connectivity index (χ0) is 16.7. The average Bonchev–Trinajstić information content (AvgIpc) is 2.55. The summed E-state index contributed by atoms with van der Waals surface area (Å²) in [5.41, 5.74) is 3.58. The van der Waals surface area contributed by atoms with Gasteiger partial charge in [0.05, 0.1) is 6.61 Å². The molecule has 0 unspecified atom stereocenters. The van der Waals surface area contributed by atoms with Gasteiger partial charge >= 0.3 is 6.03 Å². The van der Waals surface area contributed by atoms with Crippen LogP contribution in [0.4, 0.5) is 9.18 Å². The molecule has 2 amide bonds. The van der Waals surface area contributed by atoms with Crippen LogP contribution in [-0.4, -0.2) is 17.7 Å². The Morgan fingerprint density at radius 1 is 1.09 bits per heavy atom. The first-order valence-electron chi connectivity index (χ1n) is 7.54. The number of urea groups is 1. The van der Waals surface area contributed by atoms with E-state index < -0.39 is 0 Å². The van der Waals surface area contributed by atoms with Crippen molar-refractivity contribution in [3.63, 3.8) is 0 Å². The van der Waals surface area contributed by atoms with Crippen molar-refractivity contribution in [2.75, 3.05) is 6.54 Å². The number of rotatable bonds is 6. The number of amides is 2. The Hall–Kier alpha value is -2.40. The number of carbonyl (C=O) groups excluding carboxylic acids is 1. The Morgan fingerprint density at radius 3 is 2.52 bits per heavy atom. The molecule has 5 heteroatoms. The molecule has 0 saturated carbocycles. The van der Waals surface area contributed by atoms with Crippen molar-refractivity contribution in [1.29, 1.82) is 0 Å². The summed E-state index contributed by atoms with van der Waals surface area (Å²) < 4.78 is 13.0. The van der Waals surface area contributed by atoms with Crippen LogP contribution in [0.25, 0.3) is 0 Å². The standard InChI is InChI=1S/C18H21FN2O2/c1-13-10-17(19)7-6-14(13)8-9-20-18(23)21-11-15-4-2-3-5-16(15)12-22/h2-7,10,22H,8-9,11-12H2,1H3,(H2,20,21,23). The van der Waals surface area contributed by atoms with Crippen LogP contribution in [0.15, 0.2) is 42.5 Å². The summed E-state index contributed by atoms with van der Waals surface area (Å²) in [6.07, 6.45) is 0.646. The van der Waals surface area contributed by atoms with Crippen LogP contribution in [0, 0.1) is 12.7 Å². The fourth-order valence-electron chi connectivity index (χ4n) is 2.37. The summed E-state index contributed by atoms with van der Waals surface area (Å²) in [6, 6.07) is 11.8. The molecule has 23 heavy (non-hydrogen) atoms. The highest BCUT2D eigenvalue weighted by atomic mass is 19.1. The molecule has 4 nitrogen and oxygen atoms in total. The van der Waals surface area contributed by atoms with E-state index >= 15 is 0 Å². The first-order valence-corrected chi connectivity index (χ1v) is 7.54. The van der Waals surface area contributed by atoms with Crippen molar-refractivity contribution >= 4 is 6.03 Å². The number of benzene rings is 2. The quantitative estimate of drug-likeness (QED) is 0.767. The molecule has 3 N–H and O–H groups in total. The maximum atomic E-state index is 13.0. The Labute approximate surface area is 135 Å². The van der Waals surface area contributed by atoms with Gasteiger partial charge in [-0.05, 0) is 47.7 Å². The van der Waals surface area contributed by atoms with Gasteiger partial charge in [0.25, 0.3) is 0 Å². The maximum Gasteiger partial charge on any atom is 0.315 e. The molecule has 0 bridgehead atoms. The molecule has 0 atom stereocenters. The van der Waals surface area contributed by atoms with E-state index in [-0.39, 0.29) is 18.5 Å². The second-order valence-corrected chi connectivity index (χ2v) is 5.36. The fourth-order valence-corrected chi connectivity index (χ4v) is 2.37. The molecule has 0 aliphatic heterocycles. The van der Waals surface area contributed by atoms with Crippen molar-refractivity contribution in [2.24, 2.45) is 0 Å². The molecule has 0 saturated heterocycles. The summed E-state index contributed by atoms with van der Waals surface area (Å²) >= 11 is 0. The molecule has 0 radical (unpaired) electrons. The average molecular weight is 316 g/mol. The maximum absolute atomic E-state index is 13.0. The number of aryl methyl sites for hydroxylation is 1. The van der Waals surface area contributed by atoms with Crippen molar-refractivity contribution in [1.82, 2.24) is 10.6 Å². The van der Waals surface area contributed by atoms with E-state index in [0.29, 0.717) is 19.5 Å². The SMILES string of the molecule is Cc1cc(F)ccc1CCNC(=O)NCc1ccccc1CO. The van der Waals surface area contributed by atoms with Gasteiger partial charge in [0.15, 0.2) is 0 Å². The summed E-state index contributed by atoms with van der Waals surface area (Å²) in [7, 11) is 0. The molecule has 0 aliphatic carbocycles. The van der Waals surface area contributed by atoms with E-state index in [1.54, 1.807) is 6.07 Å². The number of aliphatic hydroxyl groups excluding tert-OH is 1. The molecule has 2 aromatic rings. The summed E-state index contributed by atoms with van der Waals surface area (Å²) in [5.74, 6) is -0.250. The highest BCUT2D eigenvalue weighted by Gasteiger charge is 2.05. The number of nitrogens with one attached hydrogen (secondary N) is 2. The summed E-state index contributed by atoms with van der Waals surface area (Å²) in [4.78, 5) is 11.8. The molecule has 0 heterocycles. The van der Waals surface area contributed by atoms with E-state index in [2.05, 4.69) is 10.6 Å². The van der Waals surface area contributed by atoms with Gasteiger partial charge in [-0.1, -0.05) is 30.3 Å². The minimum absolute atomic E-state index is 0.0523. The smallest absolute Gasteiger partial charge is 0.315 e. The van der Waals surface area contributed by atoms with Crippen LogP contribution >= 0.6 is 0 Å². The van der Waals surface area contributed by atoms with Gasteiger partial charge in [-0.2, -0.15) is 0 Å². The van der Waals surface area contributed by atoms with Crippen LogP contribution in [-0.2, 0) is 19.6 Å². The molecule has 0 spiro atoms. The number of aliphatic hydroxyl groups is 1. The van der Waals surface area contributed by atoms with E-state index in [0.717, 1.165) is 22.3 Å². The predicted molar refractivity (Wildman–Crippen MR) is 87.4 cm³/mol. The van der Waals surface area contributed by atoms with Gasteiger partial charge in [-0.3, -0.25) is 0 Å². The summed E-state index contributed by atoms with van der Waals surface area (Å²) in [5, 5.41) is 14.8. The molecule has 0 aliphatic rings. The van der Waals surface area contributed by atoms with Gasteiger partial charge in [0, 0.05) is 13.1 Å². The summed E-state index contributed by atoms with van der Waals surface area (Å²) in [6.45, 7) is 2.63. The first-order chi connectivity index (χ1) is 11.1. The molecular weight excluding hydrogens is 295 g/mol. The van der Waals surface area contributed by atoms with Crippen molar-refractivity contribution in [2.45, 2.75) is 26.5 Å². The molecule has 0 fully saturated rings. The normalized spacial score (nSPS) is 10.4. The Morgan fingerprint density at radius 2 is 1.83 bits per heavy atom. The van der Waals surface area contributed by atoms with Crippen LogP contribution in [0.2, 0.25) is 0 Å². The minimum atomic E-state index is -0.266. The van der Waals surface area contributed by atoms with E-state index in [1.165, 1.54) is 12.1 Å². The Kier molecular flexibility index (Phi) is 6.11. The highest BCUT2D eigenvalue weighted by molar-refractivity contribution is 5.73. The van der Waals surface area contributed by atoms with Crippen molar-refractivity contribution < 1.29 is 14.3 Å². The zero-order valence-electron chi connectivity index (χ0n) is 13.1. The molecular formula is C18H21FN2O2. The van der Waals surface area contributed by atoms with Gasteiger partial charge in [0.1, 0.15) is 5.82 Å². The number of carbonyl (C=O) groups is 1. The second-order valence-electron chi connectivity index (χ2n) is 5.36. The Bertz CT molecular complexity index is 674. The monoisotopic (exact) mass is 316 g/mol. The largest absolute Gasteiger partial charge is 0.392 e. The van der Waals surface area contributed by atoms with Gasteiger partial charge < -0.3 is 15.7 Å². The first kappa shape index (κ1) is 17.0. The van der Waals surface area contributed by atoms with Crippen molar-refractivity contribution in [3.05, 3.63) is 70.5 Å². The van der Waals surface area contributed by atoms with Crippen molar-refractivity contribution in [3.8, 4) is 0 Å². The van der Waals surface area contributed by atoms with E-state index in [9.17, 15) is 14.3 Å². The third-order valence-corrected chi connectivity index (χ3v) is 3.71. The number of halogens is 1. The van der Waals surface area contributed by atoms with E-state index in [4.69, 9.17) is 0 Å². The molecule has 0 aromatic heterocycles. The predicted octanol–water partition coefficient (Wildman–Crippen LogP) is 2.67. The minimum Gasteiger partial charge on any atom is -0.392 e. The fraction of sp³-hybridized carbons (Fsp3) is 0.278. The lowest BCUT2D eigenvalue weighted by Crippen LogP contribution is -2.36. The van der Waals surface area contributed by atoms with Crippen LogP contribution in [0.3, 0.4) is 0 Å². The topological polar surface area (TPSA) is 61.4 Å². The number of hydrogen-bond donors (Lipinski definition) is 3. The van der Waals surface area contributed by atoms with Crippen LogP contribution in [0.1, 0.15) is 22.3 Å². The second kappa shape index (κ2) is 8.29. The molecule has 2 rings (SSSR count). The van der Waals surface area contributed by atoms with Crippen LogP contribution in [0.5, 0.6) is 0 Å². The lowest BCUT2D eigenvalue weighted by molar-refractivity contribution is 0.240. The Balaban J connectivity index is 1.77. The lowest BCUT2D eigenvalue weighted by atomic mass is 10.1. The lowest BCUT2D eigenvalue weighted by Gasteiger charge is -2.11. The van der Waals surface area contributed by atoms with E-state index in [1.807, 2.05) is 31.2 Å². The third kappa shape index (κ3) is 5.07. The van der Waals surface area contributed by atoms with Gasteiger partial charge in [0.2, 0.25) is 0 Å². The van der Waals surface area contributed by atoms with Gasteiger partial charge in [-0.25, -0.2) is 9.18 Å². The molecule has 122 valence electrons. The van der Waals surface area contributed by atoms with Crippen LogP contribution < -0.4 is 10.6 Å². The zero-order valence-corrected chi connectivity index (χ0v) is 13.1. The number of hydrogen-bond acceptors (Lipinski definition) is 2.